The van der Waals surface area contributed by atoms with Gasteiger partial charge in [-0.3, -0.25) is 9.69 Å². The summed E-state index contributed by atoms with van der Waals surface area (Å²) in [6, 6.07) is 18.3. The summed E-state index contributed by atoms with van der Waals surface area (Å²) in [6.45, 7) is 4.18. The van der Waals surface area contributed by atoms with Gasteiger partial charge in [0.25, 0.3) is 0 Å². The van der Waals surface area contributed by atoms with Gasteiger partial charge in [0.05, 0.1) is 11.1 Å². The Kier molecular flexibility index (Phi) is 6.31. The molecule has 0 N–H and O–H groups in total. The van der Waals surface area contributed by atoms with Gasteiger partial charge in [0.1, 0.15) is 5.01 Å². The van der Waals surface area contributed by atoms with Gasteiger partial charge < -0.3 is 4.90 Å². The zero-order valence-electron chi connectivity index (χ0n) is 18.2. The standard InChI is InChI=1S/C26H28ClN3OS/c27-22-10-8-21(9-11-22)26(12-4-5-13-26)25(31)30-16-14-29(15-17-30)18-23-19-32-24(28-23)20-6-2-1-3-7-20/h1-3,6-11,19H,4-5,12-18H2. The molecule has 1 saturated carbocycles. The van der Waals surface area contributed by atoms with Crippen LogP contribution in [0, 0.1) is 0 Å². The highest BCUT2D eigenvalue weighted by atomic mass is 35.5. The largest absolute Gasteiger partial charge is 0.339 e. The lowest BCUT2D eigenvalue weighted by molar-refractivity contribution is -0.139. The number of halogens is 1. The number of rotatable bonds is 5. The summed E-state index contributed by atoms with van der Waals surface area (Å²) in [4.78, 5) is 23.0. The van der Waals surface area contributed by atoms with Crippen molar-refractivity contribution in [1.29, 1.82) is 0 Å². The fourth-order valence-electron chi connectivity index (χ4n) is 5.11. The number of carbonyl (C=O) groups excluding carboxylic acids is 1. The molecule has 166 valence electrons. The third-order valence-electron chi connectivity index (χ3n) is 6.88. The molecule has 2 aliphatic rings. The Morgan fingerprint density at radius 2 is 1.66 bits per heavy atom. The molecule has 1 aliphatic carbocycles. The molecule has 2 fully saturated rings. The van der Waals surface area contributed by atoms with Crippen LogP contribution in [0.3, 0.4) is 0 Å². The van der Waals surface area contributed by atoms with Crippen LogP contribution in [0.1, 0.15) is 36.9 Å². The van der Waals surface area contributed by atoms with Crippen LogP contribution in [0.2, 0.25) is 5.02 Å². The first-order chi connectivity index (χ1) is 15.6. The highest BCUT2D eigenvalue weighted by Gasteiger charge is 2.45. The van der Waals surface area contributed by atoms with Crippen molar-refractivity contribution >= 4 is 28.8 Å². The van der Waals surface area contributed by atoms with Crippen LogP contribution in [0.4, 0.5) is 0 Å². The van der Waals surface area contributed by atoms with Crippen LogP contribution < -0.4 is 0 Å². The Morgan fingerprint density at radius 1 is 0.969 bits per heavy atom. The van der Waals surface area contributed by atoms with E-state index in [0.717, 1.165) is 79.7 Å². The lowest BCUT2D eigenvalue weighted by atomic mass is 9.77. The minimum absolute atomic E-state index is 0.303. The summed E-state index contributed by atoms with van der Waals surface area (Å²) >= 11 is 7.81. The van der Waals surface area contributed by atoms with E-state index in [9.17, 15) is 4.79 Å². The van der Waals surface area contributed by atoms with E-state index in [1.807, 2.05) is 42.5 Å². The van der Waals surface area contributed by atoms with Crippen LogP contribution in [0.15, 0.2) is 60.0 Å². The van der Waals surface area contributed by atoms with E-state index in [4.69, 9.17) is 16.6 Å². The highest BCUT2D eigenvalue weighted by molar-refractivity contribution is 7.13. The minimum atomic E-state index is -0.369. The van der Waals surface area contributed by atoms with Gasteiger partial charge in [0.2, 0.25) is 5.91 Å². The van der Waals surface area contributed by atoms with Gasteiger partial charge in [-0.15, -0.1) is 11.3 Å². The molecule has 2 aromatic carbocycles. The van der Waals surface area contributed by atoms with Gasteiger partial charge in [-0.2, -0.15) is 0 Å². The van der Waals surface area contributed by atoms with Crippen molar-refractivity contribution in [3.63, 3.8) is 0 Å². The monoisotopic (exact) mass is 465 g/mol. The van der Waals surface area contributed by atoms with Gasteiger partial charge in [-0.05, 0) is 30.5 Å². The molecule has 5 rings (SSSR count). The second-order valence-electron chi connectivity index (χ2n) is 8.87. The van der Waals surface area contributed by atoms with E-state index in [2.05, 4.69) is 27.3 Å². The number of thiazole rings is 1. The average Bonchev–Trinajstić information content (AvgIpc) is 3.51. The summed E-state index contributed by atoms with van der Waals surface area (Å²) in [5, 5.41) is 3.95. The summed E-state index contributed by atoms with van der Waals surface area (Å²) in [7, 11) is 0. The fourth-order valence-corrected chi connectivity index (χ4v) is 6.05. The molecular formula is C26H28ClN3OS. The maximum Gasteiger partial charge on any atom is 0.233 e. The zero-order chi connectivity index (χ0) is 22.0. The number of hydrogen-bond donors (Lipinski definition) is 0. The molecule has 0 spiro atoms. The first kappa shape index (κ1) is 21.6. The van der Waals surface area contributed by atoms with Gasteiger partial charge in [0.15, 0.2) is 0 Å². The molecule has 0 bridgehead atoms. The predicted molar refractivity (Wildman–Crippen MR) is 131 cm³/mol. The lowest BCUT2D eigenvalue weighted by Gasteiger charge is -2.40. The van der Waals surface area contributed by atoms with E-state index < -0.39 is 0 Å². The van der Waals surface area contributed by atoms with Crippen molar-refractivity contribution in [2.24, 2.45) is 0 Å². The quantitative estimate of drug-likeness (QED) is 0.490. The fraction of sp³-hybridized carbons (Fsp3) is 0.385. The first-order valence-electron chi connectivity index (χ1n) is 11.4. The third-order valence-corrected chi connectivity index (χ3v) is 8.07. The summed E-state index contributed by atoms with van der Waals surface area (Å²) in [5.41, 5.74) is 3.04. The zero-order valence-corrected chi connectivity index (χ0v) is 19.7. The molecule has 6 heteroatoms. The van der Waals surface area contributed by atoms with Crippen molar-refractivity contribution in [3.8, 4) is 10.6 Å². The van der Waals surface area contributed by atoms with Crippen LogP contribution in [0.5, 0.6) is 0 Å². The molecule has 1 aromatic heterocycles. The average molecular weight is 466 g/mol. The Balaban J connectivity index is 1.22. The molecule has 1 amide bonds. The van der Waals surface area contributed by atoms with Crippen molar-refractivity contribution in [1.82, 2.24) is 14.8 Å². The van der Waals surface area contributed by atoms with Crippen molar-refractivity contribution < 1.29 is 4.79 Å². The molecular weight excluding hydrogens is 438 g/mol. The molecule has 1 saturated heterocycles. The van der Waals surface area contributed by atoms with E-state index in [1.54, 1.807) is 11.3 Å². The molecule has 0 unspecified atom stereocenters. The maximum absolute atomic E-state index is 13.7. The van der Waals surface area contributed by atoms with Gasteiger partial charge in [0, 0.05) is 48.7 Å². The van der Waals surface area contributed by atoms with Gasteiger partial charge >= 0.3 is 0 Å². The van der Waals surface area contributed by atoms with E-state index in [1.165, 1.54) is 5.56 Å². The third kappa shape index (κ3) is 4.34. The Bertz CT molecular complexity index is 1050. The van der Waals surface area contributed by atoms with E-state index >= 15 is 0 Å². The van der Waals surface area contributed by atoms with Crippen LogP contribution in [-0.4, -0.2) is 46.9 Å². The molecule has 2 heterocycles. The molecule has 3 aromatic rings. The molecule has 0 atom stereocenters. The Hall–Kier alpha value is -2.21. The maximum atomic E-state index is 13.7. The summed E-state index contributed by atoms with van der Waals surface area (Å²) in [6.07, 6.45) is 4.10. The predicted octanol–water partition coefficient (Wildman–Crippen LogP) is 5.62. The number of hydrogen-bond acceptors (Lipinski definition) is 4. The Labute approximate surface area is 198 Å². The first-order valence-corrected chi connectivity index (χ1v) is 12.7. The van der Waals surface area contributed by atoms with Crippen LogP contribution in [-0.2, 0) is 16.8 Å². The van der Waals surface area contributed by atoms with Crippen LogP contribution >= 0.6 is 22.9 Å². The van der Waals surface area contributed by atoms with Gasteiger partial charge in [-0.1, -0.05) is 66.9 Å². The summed E-state index contributed by atoms with van der Waals surface area (Å²) in [5.74, 6) is 0.303. The van der Waals surface area contributed by atoms with Crippen molar-refractivity contribution in [2.75, 3.05) is 26.2 Å². The number of carbonyl (C=O) groups is 1. The number of amides is 1. The molecule has 32 heavy (non-hydrogen) atoms. The SMILES string of the molecule is O=C(N1CCN(Cc2csc(-c3ccccc3)n2)CC1)C1(c2ccc(Cl)cc2)CCCC1. The van der Waals surface area contributed by atoms with Crippen molar-refractivity contribution in [3.05, 3.63) is 76.3 Å². The molecule has 0 radical (unpaired) electrons. The number of aromatic nitrogens is 1. The van der Waals surface area contributed by atoms with Crippen molar-refractivity contribution in [2.45, 2.75) is 37.6 Å². The lowest BCUT2D eigenvalue weighted by Crippen LogP contribution is -2.53. The summed E-state index contributed by atoms with van der Waals surface area (Å²) < 4.78 is 0. The number of nitrogens with zero attached hydrogens (tertiary/aromatic N) is 3. The smallest absolute Gasteiger partial charge is 0.233 e. The number of piperazine rings is 1. The normalized spacial score (nSPS) is 18.7. The second kappa shape index (κ2) is 9.34. The highest BCUT2D eigenvalue weighted by Crippen LogP contribution is 2.43. The van der Waals surface area contributed by atoms with Crippen LogP contribution in [0.25, 0.3) is 10.6 Å². The van der Waals surface area contributed by atoms with E-state index in [0.29, 0.717) is 5.91 Å². The molecule has 1 aliphatic heterocycles. The van der Waals surface area contributed by atoms with Gasteiger partial charge in [-0.25, -0.2) is 4.98 Å². The van der Waals surface area contributed by atoms with E-state index in [-0.39, 0.29) is 5.41 Å². The topological polar surface area (TPSA) is 36.4 Å². The second-order valence-corrected chi connectivity index (χ2v) is 10.2. The number of benzene rings is 2. The molecule has 4 nitrogen and oxygen atoms in total. The Morgan fingerprint density at radius 3 is 2.34 bits per heavy atom. The minimum Gasteiger partial charge on any atom is -0.339 e.